The van der Waals surface area contributed by atoms with Gasteiger partial charge in [0.1, 0.15) is 6.17 Å². The summed E-state index contributed by atoms with van der Waals surface area (Å²) in [6.07, 6.45) is 4.07. The van der Waals surface area contributed by atoms with Crippen LogP contribution in [0.2, 0.25) is 0 Å². The molecule has 0 radical (unpaired) electrons. The Kier molecular flexibility index (Phi) is 6.43. The first-order valence-electron chi connectivity index (χ1n) is 5.50. The molecule has 0 aromatic rings. The first-order chi connectivity index (χ1) is 6.43. The molecule has 0 bridgehead atoms. The van der Waals surface area contributed by atoms with Crippen molar-refractivity contribution >= 4 is 12.4 Å². The Hall–Kier alpha value is -0.660. The highest BCUT2D eigenvalue weighted by Crippen LogP contribution is 2.08. The highest BCUT2D eigenvalue weighted by Gasteiger charge is 2.07. The molecular weight excluding hydrogens is 172 g/mol. The van der Waals surface area contributed by atoms with Gasteiger partial charge >= 0.3 is 0 Å². The van der Waals surface area contributed by atoms with Gasteiger partial charge in [0.15, 0.2) is 0 Å². The summed E-state index contributed by atoms with van der Waals surface area (Å²) in [4.78, 5) is 8.94. The molecule has 0 spiro atoms. The molecule has 0 heterocycles. The van der Waals surface area contributed by atoms with Crippen LogP contribution in [0.5, 0.6) is 0 Å². The molecule has 0 rings (SSSR count). The van der Waals surface area contributed by atoms with Crippen molar-refractivity contribution in [3.63, 3.8) is 0 Å². The third-order valence-electron chi connectivity index (χ3n) is 1.67. The maximum atomic E-state index is 4.47. The summed E-state index contributed by atoms with van der Waals surface area (Å²) < 4.78 is 0. The van der Waals surface area contributed by atoms with Crippen LogP contribution in [0.3, 0.4) is 0 Å². The van der Waals surface area contributed by atoms with Crippen molar-refractivity contribution in [1.82, 2.24) is 0 Å². The molecule has 0 aromatic heterocycles. The molecule has 2 nitrogen and oxygen atoms in total. The summed E-state index contributed by atoms with van der Waals surface area (Å²) in [6, 6.07) is 0. The molecule has 0 atom stereocenters. The minimum atomic E-state index is 0.0970. The Morgan fingerprint density at radius 3 is 1.29 bits per heavy atom. The highest BCUT2D eigenvalue weighted by atomic mass is 15.0. The van der Waals surface area contributed by atoms with Crippen LogP contribution in [0, 0.1) is 17.8 Å². The standard InChI is InChI=1S/C12H24N2/c1-9(2)7-13-12(11(5)6)14-8-10(3)4/h7-12H,1-6H3. The van der Waals surface area contributed by atoms with E-state index in [1.807, 2.05) is 12.4 Å². The molecule has 0 saturated heterocycles. The van der Waals surface area contributed by atoms with Crippen molar-refractivity contribution in [2.75, 3.05) is 0 Å². The zero-order chi connectivity index (χ0) is 11.1. The average Bonchev–Trinajstić information content (AvgIpc) is 2.02. The molecule has 0 aliphatic rings. The van der Waals surface area contributed by atoms with Gasteiger partial charge in [-0.3, -0.25) is 9.98 Å². The average molecular weight is 196 g/mol. The summed E-state index contributed by atoms with van der Waals surface area (Å²) in [5, 5.41) is 0. The molecule has 82 valence electrons. The van der Waals surface area contributed by atoms with Crippen molar-refractivity contribution in [3.8, 4) is 0 Å². The SMILES string of the molecule is CC(C)C=NC(N=CC(C)C)C(C)C. The van der Waals surface area contributed by atoms with Crippen LogP contribution in [0.15, 0.2) is 9.98 Å². The quantitative estimate of drug-likeness (QED) is 0.602. The number of rotatable bonds is 5. The Morgan fingerprint density at radius 1 is 0.714 bits per heavy atom. The van der Waals surface area contributed by atoms with Gasteiger partial charge in [0.2, 0.25) is 0 Å². The molecule has 0 aliphatic carbocycles. The second-order valence-electron chi connectivity index (χ2n) is 4.74. The van der Waals surface area contributed by atoms with Crippen LogP contribution < -0.4 is 0 Å². The zero-order valence-electron chi connectivity index (χ0n) is 10.4. The number of hydrogen-bond acceptors (Lipinski definition) is 2. The summed E-state index contributed by atoms with van der Waals surface area (Å²) in [6.45, 7) is 12.8. The summed E-state index contributed by atoms with van der Waals surface area (Å²) in [7, 11) is 0. The van der Waals surface area contributed by atoms with Crippen LogP contribution >= 0.6 is 0 Å². The molecule has 0 unspecified atom stereocenters. The van der Waals surface area contributed by atoms with E-state index in [-0.39, 0.29) is 6.17 Å². The van der Waals surface area contributed by atoms with Crippen molar-refractivity contribution < 1.29 is 0 Å². The highest BCUT2D eigenvalue weighted by molar-refractivity contribution is 5.62. The smallest absolute Gasteiger partial charge is 0.141 e. The van der Waals surface area contributed by atoms with E-state index in [1.54, 1.807) is 0 Å². The van der Waals surface area contributed by atoms with Gasteiger partial charge in [0.05, 0.1) is 0 Å². The van der Waals surface area contributed by atoms with Gasteiger partial charge in [-0.15, -0.1) is 0 Å². The normalized spacial score (nSPS) is 15.5. The summed E-state index contributed by atoms with van der Waals surface area (Å²) >= 11 is 0. The molecule has 0 fully saturated rings. The third kappa shape index (κ3) is 6.81. The van der Waals surface area contributed by atoms with E-state index in [0.29, 0.717) is 17.8 Å². The Labute approximate surface area is 88.5 Å². The number of nitrogens with zero attached hydrogens (tertiary/aromatic N) is 2. The predicted molar refractivity (Wildman–Crippen MR) is 65.3 cm³/mol. The van der Waals surface area contributed by atoms with Gasteiger partial charge in [0, 0.05) is 12.4 Å². The minimum Gasteiger partial charge on any atom is -0.270 e. The molecular formula is C12H24N2. The number of hydrogen-bond donors (Lipinski definition) is 0. The largest absolute Gasteiger partial charge is 0.270 e. The first-order valence-corrected chi connectivity index (χ1v) is 5.50. The van der Waals surface area contributed by atoms with E-state index in [1.165, 1.54) is 0 Å². The van der Waals surface area contributed by atoms with E-state index in [2.05, 4.69) is 51.5 Å². The van der Waals surface area contributed by atoms with E-state index >= 15 is 0 Å². The maximum Gasteiger partial charge on any atom is 0.141 e. The summed E-state index contributed by atoms with van der Waals surface area (Å²) in [5.41, 5.74) is 0. The minimum absolute atomic E-state index is 0.0970. The molecule has 2 heteroatoms. The van der Waals surface area contributed by atoms with E-state index in [0.717, 1.165) is 0 Å². The van der Waals surface area contributed by atoms with Gasteiger partial charge < -0.3 is 0 Å². The fraction of sp³-hybridized carbons (Fsp3) is 0.833. The van der Waals surface area contributed by atoms with Crippen LogP contribution in [0.4, 0.5) is 0 Å². The van der Waals surface area contributed by atoms with Gasteiger partial charge in [-0.1, -0.05) is 41.5 Å². The second kappa shape index (κ2) is 6.74. The lowest BCUT2D eigenvalue weighted by Gasteiger charge is -2.12. The van der Waals surface area contributed by atoms with Crippen LogP contribution in [-0.4, -0.2) is 18.6 Å². The molecule has 0 amide bonds. The van der Waals surface area contributed by atoms with Gasteiger partial charge in [-0.2, -0.15) is 0 Å². The Morgan fingerprint density at radius 2 is 1.07 bits per heavy atom. The first kappa shape index (κ1) is 13.3. The maximum absolute atomic E-state index is 4.47. The van der Waals surface area contributed by atoms with Gasteiger partial charge in [-0.05, 0) is 17.8 Å². The van der Waals surface area contributed by atoms with Crippen LogP contribution in [0.1, 0.15) is 41.5 Å². The molecule has 0 saturated carbocycles. The molecule has 0 N–H and O–H groups in total. The second-order valence-corrected chi connectivity index (χ2v) is 4.74. The molecule has 0 aromatic carbocycles. The van der Waals surface area contributed by atoms with E-state index in [9.17, 15) is 0 Å². The van der Waals surface area contributed by atoms with Gasteiger partial charge in [0.25, 0.3) is 0 Å². The van der Waals surface area contributed by atoms with E-state index < -0.39 is 0 Å². The van der Waals surface area contributed by atoms with Crippen molar-refractivity contribution in [3.05, 3.63) is 0 Å². The number of aliphatic imine (C=N–C) groups is 2. The lowest BCUT2D eigenvalue weighted by Crippen LogP contribution is -2.12. The lowest BCUT2D eigenvalue weighted by atomic mass is 10.1. The predicted octanol–water partition coefficient (Wildman–Crippen LogP) is 3.42. The topological polar surface area (TPSA) is 24.7 Å². The van der Waals surface area contributed by atoms with Crippen LogP contribution in [-0.2, 0) is 0 Å². The lowest BCUT2D eigenvalue weighted by molar-refractivity contribution is 0.512. The van der Waals surface area contributed by atoms with Crippen LogP contribution in [0.25, 0.3) is 0 Å². The Balaban J connectivity index is 4.30. The van der Waals surface area contributed by atoms with Crippen molar-refractivity contribution in [2.45, 2.75) is 47.7 Å². The van der Waals surface area contributed by atoms with Crippen molar-refractivity contribution in [1.29, 1.82) is 0 Å². The fourth-order valence-electron chi connectivity index (χ4n) is 0.903. The van der Waals surface area contributed by atoms with E-state index in [4.69, 9.17) is 0 Å². The fourth-order valence-corrected chi connectivity index (χ4v) is 0.903. The van der Waals surface area contributed by atoms with Crippen molar-refractivity contribution in [2.24, 2.45) is 27.7 Å². The monoisotopic (exact) mass is 196 g/mol. The zero-order valence-corrected chi connectivity index (χ0v) is 10.4. The Bertz CT molecular complexity index is 172. The molecule has 0 aliphatic heterocycles. The van der Waals surface area contributed by atoms with Gasteiger partial charge in [-0.25, -0.2) is 0 Å². The third-order valence-corrected chi connectivity index (χ3v) is 1.67. The molecule has 14 heavy (non-hydrogen) atoms. The summed E-state index contributed by atoms with van der Waals surface area (Å²) in [5.74, 6) is 1.48.